The zero-order valence-electron chi connectivity index (χ0n) is 10.9. The highest BCUT2D eigenvalue weighted by molar-refractivity contribution is 7.89. The molecule has 0 saturated carbocycles. The molecule has 6 heteroatoms. The number of aliphatic hydroxyl groups is 1. The van der Waals surface area contributed by atoms with Crippen LogP contribution in [0.25, 0.3) is 0 Å². The molecule has 0 amide bonds. The number of benzene rings is 1. The molecule has 0 spiro atoms. The first-order valence-corrected chi connectivity index (χ1v) is 7.83. The minimum absolute atomic E-state index is 0.0878. The normalized spacial score (nSPS) is 21.5. The molecule has 1 aliphatic rings. The number of sulfonamides is 1. The van der Waals surface area contributed by atoms with Crippen molar-refractivity contribution in [2.24, 2.45) is 0 Å². The Morgan fingerprint density at radius 1 is 1.37 bits per heavy atom. The van der Waals surface area contributed by atoms with Gasteiger partial charge < -0.3 is 9.84 Å². The van der Waals surface area contributed by atoms with Crippen LogP contribution in [0.1, 0.15) is 18.9 Å². The van der Waals surface area contributed by atoms with Crippen molar-refractivity contribution in [1.29, 1.82) is 0 Å². The smallest absolute Gasteiger partial charge is 0.243 e. The predicted octanol–water partition coefficient (Wildman–Crippen LogP) is 0.978. The Hall–Kier alpha value is -0.950. The van der Waals surface area contributed by atoms with Crippen LogP contribution in [0, 0.1) is 0 Å². The lowest BCUT2D eigenvalue weighted by Gasteiger charge is -2.33. The van der Waals surface area contributed by atoms with Crippen LogP contribution in [0.5, 0.6) is 0 Å². The molecule has 1 atom stereocenters. The third kappa shape index (κ3) is 2.97. The third-order valence-corrected chi connectivity index (χ3v) is 5.32. The average Bonchev–Trinajstić information content (AvgIpc) is 2.47. The van der Waals surface area contributed by atoms with E-state index in [1.54, 1.807) is 24.3 Å². The summed E-state index contributed by atoms with van der Waals surface area (Å²) >= 11 is 0. The van der Waals surface area contributed by atoms with Gasteiger partial charge in [-0.1, -0.05) is 19.1 Å². The topological polar surface area (TPSA) is 66.8 Å². The van der Waals surface area contributed by atoms with E-state index < -0.39 is 10.0 Å². The summed E-state index contributed by atoms with van der Waals surface area (Å²) in [5.74, 6) is 0. The largest absolute Gasteiger partial charge is 0.392 e. The number of aliphatic hydroxyl groups excluding tert-OH is 1. The maximum atomic E-state index is 12.6. The van der Waals surface area contributed by atoms with Crippen LogP contribution in [0.2, 0.25) is 0 Å². The Bertz CT molecular complexity index is 512. The first kappa shape index (κ1) is 14.5. The summed E-state index contributed by atoms with van der Waals surface area (Å²) in [5.41, 5.74) is 0.702. The molecule has 19 heavy (non-hydrogen) atoms. The van der Waals surface area contributed by atoms with Gasteiger partial charge in [-0.2, -0.15) is 4.31 Å². The second kappa shape index (κ2) is 6.00. The summed E-state index contributed by atoms with van der Waals surface area (Å²) in [7, 11) is -3.48. The molecule has 1 saturated heterocycles. The van der Waals surface area contributed by atoms with E-state index in [2.05, 4.69) is 0 Å². The Labute approximate surface area is 113 Å². The van der Waals surface area contributed by atoms with Crippen molar-refractivity contribution in [2.45, 2.75) is 30.9 Å². The van der Waals surface area contributed by atoms with E-state index in [1.807, 2.05) is 6.92 Å². The Morgan fingerprint density at radius 2 is 2.05 bits per heavy atom. The molecular formula is C13H19NO4S. The van der Waals surface area contributed by atoms with Gasteiger partial charge in [0.25, 0.3) is 0 Å². The lowest BCUT2D eigenvalue weighted by atomic mass is 10.2. The fraction of sp³-hybridized carbons (Fsp3) is 0.538. The highest BCUT2D eigenvalue weighted by Crippen LogP contribution is 2.22. The molecule has 2 rings (SSSR count). The van der Waals surface area contributed by atoms with Crippen molar-refractivity contribution in [3.8, 4) is 0 Å². The second-order valence-electron chi connectivity index (χ2n) is 4.55. The molecule has 0 radical (unpaired) electrons. The van der Waals surface area contributed by atoms with Crippen molar-refractivity contribution in [2.75, 3.05) is 19.8 Å². The van der Waals surface area contributed by atoms with Crippen LogP contribution in [-0.4, -0.2) is 43.6 Å². The summed E-state index contributed by atoms with van der Waals surface area (Å²) < 4.78 is 32.0. The molecular weight excluding hydrogens is 266 g/mol. The Morgan fingerprint density at radius 3 is 2.63 bits per heavy atom. The fourth-order valence-corrected chi connectivity index (χ4v) is 3.85. The molecule has 1 aromatic carbocycles. The van der Waals surface area contributed by atoms with E-state index in [0.717, 1.165) is 6.42 Å². The fourth-order valence-electron chi connectivity index (χ4n) is 2.18. The van der Waals surface area contributed by atoms with Crippen LogP contribution < -0.4 is 0 Å². The van der Waals surface area contributed by atoms with E-state index in [1.165, 1.54) is 4.31 Å². The Kier molecular flexibility index (Phi) is 4.57. The monoisotopic (exact) mass is 285 g/mol. The Balaban J connectivity index is 2.29. The maximum Gasteiger partial charge on any atom is 0.243 e. The van der Waals surface area contributed by atoms with Gasteiger partial charge in [-0.05, 0) is 24.1 Å². The van der Waals surface area contributed by atoms with Gasteiger partial charge >= 0.3 is 0 Å². The van der Waals surface area contributed by atoms with Crippen molar-refractivity contribution in [3.63, 3.8) is 0 Å². The first-order chi connectivity index (χ1) is 9.09. The first-order valence-electron chi connectivity index (χ1n) is 6.39. The van der Waals surface area contributed by atoms with Gasteiger partial charge in [0.2, 0.25) is 10.0 Å². The molecule has 0 aromatic heterocycles. The summed E-state index contributed by atoms with van der Waals surface area (Å²) in [4.78, 5) is 0.269. The van der Waals surface area contributed by atoms with Gasteiger partial charge in [-0.15, -0.1) is 0 Å². The zero-order valence-corrected chi connectivity index (χ0v) is 11.8. The second-order valence-corrected chi connectivity index (χ2v) is 6.45. The number of nitrogens with zero attached hydrogens (tertiary/aromatic N) is 1. The molecule has 1 heterocycles. The van der Waals surface area contributed by atoms with Crippen LogP contribution in [-0.2, 0) is 21.4 Å². The van der Waals surface area contributed by atoms with Gasteiger partial charge in [-0.25, -0.2) is 8.42 Å². The molecule has 1 fully saturated rings. The zero-order chi connectivity index (χ0) is 13.9. The number of morpholine rings is 1. The molecule has 1 aliphatic heterocycles. The molecule has 1 aromatic rings. The number of hydrogen-bond donors (Lipinski definition) is 1. The quantitative estimate of drug-likeness (QED) is 0.895. The van der Waals surface area contributed by atoms with E-state index >= 15 is 0 Å². The van der Waals surface area contributed by atoms with Crippen molar-refractivity contribution < 1.29 is 18.3 Å². The van der Waals surface area contributed by atoms with Gasteiger partial charge in [0.15, 0.2) is 0 Å². The lowest BCUT2D eigenvalue weighted by Crippen LogP contribution is -2.48. The predicted molar refractivity (Wildman–Crippen MR) is 71.2 cm³/mol. The molecule has 1 unspecified atom stereocenters. The van der Waals surface area contributed by atoms with Gasteiger partial charge in [0, 0.05) is 12.6 Å². The van der Waals surface area contributed by atoms with Crippen molar-refractivity contribution in [3.05, 3.63) is 29.8 Å². The highest BCUT2D eigenvalue weighted by Gasteiger charge is 2.32. The molecule has 0 aliphatic carbocycles. The van der Waals surface area contributed by atoms with Gasteiger partial charge in [-0.3, -0.25) is 0 Å². The van der Waals surface area contributed by atoms with Crippen molar-refractivity contribution >= 4 is 10.0 Å². The average molecular weight is 285 g/mol. The summed E-state index contributed by atoms with van der Waals surface area (Å²) in [6, 6.07) is 6.26. The summed E-state index contributed by atoms with van der Waals surface area (Å²) in [6.07, 6.45) is 0.730. The number of ether oxygens (including phenoxy) is 1. The van der Waals surface area contributed by atoms with Crippen LogP contribution in [0.4, 0.5) is 0 Å². The summed E-state index contributed by atoms with van der Waals surface area (Å²) in [5, 5.41) is 8.98. The molecule has 5 nitrogen and oxygen atoms in total. The standard InChI is InChI=1S/C13H19NO4S/c1-2-12-10-18-8-7-14(12)19(16,17)13-5-3-11(9-15)4-6-13/h3-6,12,15H,2,7-10H2,1H3. The lowest BCUT2D eigenvalue weighted by molar-refractivity contribution is 0.0314. The van der Waals surface area contributed by atoms with Gasteiger partial charge in [0.1, 0.15) is 0 Å². The van der Waals surface area contributed by atoms with Crippen LogP contribution in [0.15, 0.2) is 29.2 Å². The van der Waals surface area contributed by atoms with E-state index in [4.69, 9.17) is 9.84 Å². The van der Waals surface area contributed by atoms with E-state index in [9.17, 15) is 8.42 Å². The van der Waals surface area contributed by atoms with Gasteiger partial charge in [0.05, 0.1) is 24.7 Å². The van der Waals surface area contributed by atoms with Crippen molar-refractivity contribution in [1.82, 2.24) is 4.31 Å². The number of hydrogen-bond acceptors (Lipinski definition) is 4. The van der Waals surface area contributed by atoms with Crippen LogP contribution >= 0.6 is 0 Å². The SMILES string of the molecule is CCC1COCCN1S(=O)(=O)c1ccc(CO)cc1. The van der Waals surface area contributed by atoms with Crippen LogP contribution in [0.3, 0.4) is 0 Å². The molecule has 1 N–H and O–H groups in total. The van der Waals surface area contributed by atoms with E-state index in [0.29, 0.717) is 25.3 Å². The van der Waals surface area contributed by atoms with E-state index in [-0.39, 0.29) is 17.5 Å². The third-order valence-electron chi connectivity index (χ3n) is 3.36. The number of rotatable bonds is 4. The molecule has 0 bridgehead atoms. The highest BCUT2D eigenvalue weighted by atomic mass is 32.2. The minimum Gasteiger partial charge on any atom is -0.392 e. The minimum atomic E-state index is -3.48. The summed E-state index contributed by atoms with van der Waals surface area (Å²) in [6.45, 7) is 3.14. The maximum absolute atomic E-state index is 12.6. The molecule has 106 valence electrons.